The fraction of sp³-hybridized carbons (Fsp3) is 0.154. The van der Waals surface area contributed by atoms with E-state index in [1.807, 2.05) is 37.4 Å². The van der Waals surface area contributed by atoms with Gasteiger partial charge in [0.25, 0.3) is 0 Å². The summed E-state index contributed by atoms with van der Waals surface area (Å²) in [5, 5.41) is 10.3. The molecular weight excluding hydrogens is 472 g/mol. The molecule has 1 aliphatic rings. The molecule has 0 fully saturated rings. The van der Waals surface area contributed by atoms with Crippen LogP contribution in [0.25, 0.3) is 0 Å². The van der Waals surface area contributed by atoms with Gasteiger partial charge in [-0.3, -0.25) is 0 Å². The summed E-state index contributed by atoms with van der Waals surface area (Å²) in [6.45, 7) is 1.57. The summed E-state index contributed by atoms with van der Waals surface area (Å²) in [4.78, 5) is 13.5. The number of aryl methyl sites for hydroxylation is 1. The van der Waals surface area contributed by atoms with Crippen molar-refractivity contribution in [3.63, 3.8) is 0 Å². The van der Waals surface area contributed by atoms with Gasteiger partial charge in [-0.2, -0.15) is 5.26 Å². The number of nitrogens with two attached hydrogens (primary N) is 1. The van der Waals surface area contributed by atoms with Gasteiger partial charge in [0, 0.05) is 21.5 Å². The van der Waals surface area contributed by atoms with Gasteiger partial charge in [0.2, 0.25) is 5.88 Å². The van der Waals surface area contributed by atoms with Crippen LogP contribution in [0.1, 0.15) is 22.6 Å². The molecule has 4 rings (SSSR count). The number of halogens is 1. The lowest BCUT2D eigenvalue weighted by atomic mass is 9.83. The number of rotatable bonds is 6. The van der Waals surface area contributed by atoms with E-state index in [9.17, 15) is 10.1 Å². The SMILES string of the molecule is CSc1ccc(C2C(C#N)=C(N)Oc3cc(OC(=O)COc4ccc(Cl)cc4C)ccc32)cc1. The third-order valence-corrected chi connectivity index (χ3v) is 6.33. The van der Waals surface area contributed by atoms with E-state index in [2.05, 4.69) is 6.07 Å². The van der Waals surface area contributed by atoms with Gasteiger partial charge in [0.1, 0.15) is 28.9 Å². The predicted molar refractivity (Wildman–Crippen MR) is 131 cm³/mol. The number of benzene rings is 3. The molecule has 0 amide bonds. The fourth-order valence-electron chi connectivity index (χ4n) is 3.71. The van der Waals surface area contributed by atoms with Crippen LogP contribution >= 0.6 is 23.4 Å². The molecule has 172 valence electrons. The minimum Gasteiger partial charge on any atom is -0.482 e. The van der Waals surface area contributed by atoms with Gasteiger partial charge >= 0.3 is 5.97 Å². The Hall–Kier alpha value is -3.60. The van der Waals surface area contributed by atoms with Crippen molar-refractivity contribution in [2.75, 3.05) is 12.9 Å². The highest BCUT2D eigenvalue weighted by atomic mass is 35.5. The number of fused-ring (bicyclic) bond motifs is 1. The molecule has 1 heterocycles. The van der Waals surface area contributed by atoms with Crippen molar-refractivity contribution in [1.29, 1.82) is 5.26 Å². The maximum Gasteiger partial charge on any atom is 0.349 e. The summed E-state index contributed by atoms with van der Waals surface area (Å²) < 4.78 is 16.7. The normalized spacial score (nSPS) is 14.6. The summed E-state index contributed by atoms with van der Waals surface area (Å²) in [5.41, 5.74) is 8.89. The average molecular weight is 493 g/mol. The second kappa shape index (κ2) is 10.1. The van der Waals surface area contributed by atoms with E-state index in [-0.39, 0.29) is 24.2 Å². The van der Waals surface area contributed by atoms with Crippen LogP contribution in [-0.2, 0) is 4.79 Å². The highest BCUT2D eigenvalue weighted by Crippen LogP contribution is 2.43. The zero-order chi connectivity index (χ0) is 24.2. The van der Waals surface area contributed by atoms with Crippen LogP contribution in [0.4, 0.5) is 0 Å². The lowest BCUT2D eigenvalue weighted by molar-refractivity contribution is -0.136. The number of carbonyl (C=O) groups is 1. The number of hydrogen-bond acceptors (Lipinski definition) is 7. The molecule has 8 heteroatoms. The number of esters is 1. The molecule has 3 aromatic carbocycles. The van der Waals surface area contributed by atoms with E-state index in [1.54, 1.807) is 48.2 Å². The molecule has 0 saturated carbocycles. The van der Waals surface area contributed by atoms with Crippen molar-refractivity contribution in [1.82, 2.24) is 0 Å². The van der Waals surface area contributed by atoms with Crippen LogP contribution in [0.15, 0.2) is 77.0 Å². The number of allylic oxidation sites excluding steroid dienone is 1. The molecule has 0 spiro atoms. The first-order chi connectivity index (χ1) is 16.4. The molecule has 0 radical (unpaired) electrons. The number of ether oxygens (including phenoxy) is 3. The number of nitrogens with zero attached hydrogens (tertiary/aromatic N) is 1. The zero-order valence-corrected chi connectivity index (χ0v) is 20.1. The highest BCUT2D eigenvalue weighted by Gasteiger charge is 2.31. The largest absolute Gasteiger partial charge is 0.482 e. The molecule has 0 bridgehead atoms. The van der Waals surface area contributed by atoms with Gasteiger partial charge < -0.3 is 19.9 Å². The third-order valence-electron chi connectivity index (χ3n) is 5.35. The molecule has 0 aliphatic carbocycles. The van der Waals surface area contributed by atoms with Crippen LogP contribution in [0.3, 0.4) is 0 Å². The van der Waals surface area contributed by atoms with Gasteiger partial charge in [-0.1, -0.05) is 29.8 Å². The van der Waals surface area contributed by atoms with Crippen LogP contribution < -0.4 is 19.9 Å². The van der Waals surface area contributed by atoms with Crippen molar-refractivity contribution in [2.45, 2.75) is 17.7 Å². The summed E-state index contributed by atoms with van der Waals surface area (Å²) in [7, 11) is 0. The van der Waals surface area contributed by atoms with Crippen LogP contribution in [0.5, 0.6) is 17.2 Å². The van der Waals surface area contributed by atoms with E-state index >= 15 is 0 Å². The second-order valence-electron chi connectivity index (χ2n) is 7.57. The maximum absolute atomic E-state index is 12.3. The molecule has 34 heavy (non-hydrogen) atoms. The summed E-state index contributed by atoms with van der Waals surface area (Å²) >= 11 is 7.58. The Morgan fingerprint density at radius 3 is 2.62 bits per heavy atom. The second-order valence-corrected chi connectivity index (χ2v) is 8.89. The maximum atomic E-state index is 12.3. The number of thioether (sulfide) groups is 1. The Balaban J connectivity index is 1.53. The zero-order valence-electron chi connectivity index (χ0n) is 18.5. The predicted octanol–water partition coefficient (Wildman–Crippen LogP) is 5.57. The average Bonchev–Trinajstić information content (AvgIpc) is 2.82. The van der Waals surface area contributed by atoms with Crippen molar-refractivity contribution >= 4 is 29.3 Å². The summed E-state index contributed by atoms with van der Waals surface area (Å²) in [6, 6.07) is 20.3. The van der Waals surface area contributed by atoms with Gasteiger partial charge in [-0.05, 0) is 60.7 Å². The molecular formula is C26H21ClN2O4S. The topological polar surface area (TPSA) is 94.6 Å². The quantitative estimate of drug-likeness (QED) is 0.273. The van der Waals surface area contributed by atoms with Gasteiger partial charge in [-0.25, -0.2) is 4.79 Å². The first kappa shape index (κ1) is 23.6. The Morgan fingerprint density at radius 1 is 1.18 bits per heavy atom. The lowest BCUT2D eigenvalue weighted by Crippen LogP contribution is -2.21. The molecule has 3 aromatic rings. The minimum absolute atomic E-state index is 0.0268. The molecule has 0 saturated heterocycles. The Bertz CT molecular complexity index is 1320. The minimum atomic E-state index is -0.574. The molecule has 0 aromatic heterocycles. The first-order valence-corrected chi connectivity index (χ1v) is 11.9. The number of hydrogen-bond donors (Lipinski definition) is 1. The Kier molecular flexibility index (Phi) is 7.01. The van der Waals surface area contributed by atoms with Crippen LogP contribution in [-0.4, -0.2) is 18.8 Å². The number of nitriles is 1. The standard InChI is InChI=1S/C26H21ClN2O4S/c1-15-11-17(27)5-10-22(15)31-14-24(30)32-18-6-9-20-23(12-18)33-26(29)21(13-28)25(20)16-3-7-19(34-2)8-4-16/h3-12,25H,14,29H2,1-2H3. The van der Waals surface area contributed by atoms with E-state index in [0.29, 0.717) is 22.1 Å². The molecule has 1 unspecified atom stereocenters. The van der Waals surface area contributed by atoms with E-state index in [0.717, 1.165) is 21.6 Å². The summed E-state index contributed by atoms with van der Waals surface area (Å²) in [5.74, 6) is 0.326. The highest BCUT2D eigenvalue weighted by molar-refractivity contribution is 7.98. The van der Waals surface area contributed by atoms with Gasteiger partial charge in [-0.15, -0.1) is 11.8 Å². The van der Waals surface area contributed by atoms with Crippen LogP contribution in [0.2, 0.25) is 5.02 Å². The fourth-order valence-corrected chi connectivity index (χ4v) is 4.35. The van der Waals surface area contributed by atoms with Crippen molar-refractivity contribution in [3.05, 3.63) is 93.8 Å². The monoisotopic (exact) mass is 492 g/mol. The van der Waals surface area contributed by atoms with Gasteiger partial charge in [0.15, 0.2) is 6.61 Å². The van der Waals surface area contributed by atoms with Crippen molar-refractivity contribution in [2.24, 2.45) is 5.73 Å². The Labute approximate surface area is 206 Å². The molecule has 1 atom stereocenters. The molecule has 2 N–H and O–H groups in total. The summed E-state index contributed by atoms with van der Waals surface area (Å²) in [6.07, 6.45) is 2.00. The number of carbonyl (C=O) groups excluding carboxylic acids is 1. The smallest absolute Gasteiger partial charge is 0.349 e. The van der Waals surface area contributed by atoms with E-state index in [1.165, 1.54) is 0 Å². The van der Waals surface area contributed by atoms with Gasteiger partial charge in [0.05, 0.1) is 5.92 Å². The Morgan fingerprint density at radius 2 is 1.94 bits per heavy atom. The van der Waals surface area contributed by atoms with Crippen LogP contribution in [0, 0.1) is 18.3 Å². The van der Waals surface area contributed by atoms with E-state index < -0.39 is 5.97 Å². The first-order valence-electron chi connectivity index (χ1n) is 10.3. The molecule has 6 nitrogen and oxygen atoms in total. The van der Waals surface area contributed by atoms with E-state index in [4.69, 9.17) is 31.5 Å². The van der Waals surface area contributed by atoms with Crippen molar-refractivity contribution in [3.8, 4) is 23.3 Å². The molecule has 1 aliphatic heterocycles. The lowest BCUT2D eigenvalue weighted by Gasteiger charge is -2.26. The van der Waals surface area contributed by atoms with Crippen molar-refractivity contribution < 1.29 is 19.0 Å². The third kappa shape index (κ3) is 4.98.